The Labute approximate surface area is 118 Å². The molecule has 2 atom stereocenters. The summed E-state index contributed by atoms with van der Waals surface area (Å²) in [6, 6.07) is 0.274. The average molecular weight is 276 g/mol. The van der Waals surface area contributed by atoms with Crippen LogP contribution in [0.1, 0.15) is 27.2 Å². The first-order valence-electron chi connectivity index (χ1n) is 6.69. The van der Waals surface area contributed by atoms with E-state index in [0.717, 1.165) is 6.42 Å². The van der Waals surface area contributed by atoms with Gasteiger partial charge in [0.2, 0.25) is 11.9 Å². The van der Waals surface area contributed by atoms with Crippen LogP contribution in [0.5, 0.6) is 0 Å². The zero-order valence-electron chi connectivity index (χ0n) is 12.2. The SMILES string of the molecule is CCC(C)C(C)Nc1nc(NC)nc(-n2cncn2)n1. The van der Waals surface area contributed by atoms with E-state index in [0.29, 0.717) is 23.8 Å². The van der Waals surface area contributed by atoms with E-state index in [1.807, 2.05) is 0 Å². The first-order chi connectivity index (χ1) is 9.63. The molecule has 0 aliphatic carbocycles. The molecule has 2 heterocycles. The van der Waals surface area contributed by atoms with Gasteiger partial charge in [-0.3, -0.25) is 0 Å². The summed E-state index contributed by atoms with van der Waals surface area (Å²) in [5.74, 6) is 1.98. The highest BCUT2D eigenvalue weighted by Gasteiger charge is 2.13. The molecule has 2 unspecified atom stereocenters. The van der Waals surface area contributed by atoms with Crippen molar-refractivity contribution in [1.82, 2.24) is 29.7 Å². The van der Waals surface area contributed by atoms with Gasteiger partial charge in [0, 0.05) is 13.1 Å². The molecule has 8 nitrogen and oxygen atoms in total. The van der Waals surface area contributed by atoms with E-state index in [1.54, 1.807) is 13.4 Å². The molecule has 108 valence electrons. The van der Waals surface area contributed by atoms with Crippen molar-refractivity contribution in [3.63, 3.8) is 0 Å². The van der Waals surface area contributed by atoms with Crippen LogP contribution in [0.2, 0.25) is 0 Å². The first kappa shape index (κ1) is 14.2. The van der Waals surface area contributed by atoms with Crippen LogP contribution in [0.3, 0.4) is 0 Å². The molecule has 2 rings (SSSR count). The topological polar surface area (TPSA) is 93.4 Å². The van der Waals surface area contributed by atoms with Gasteiger partial charge in [-0.05, 0) is 12.8 Å². The molecule has 0 spiro atoms. The lowest BCUT2D eigenvalue weighted by Crippen LogP contribution is -2.25. The van der Waals surface area contributed by atoms with E-state index in [-0.39, 0.29) is 6.04 Å². The second-order valence-electron chi connectivity index (χ2n) is 4.69. The summed E-state index contributed by atoms with van der Waals surface area (Å²) < 4.78 is 1.50. The zero-order chi connectivity index (χ0) is 14.5. The molecule has 0 fully saturated rings. The number of anilines is 2. The molecule has 0 amide bonds. The Bertz CT molecular complexity index is 538. The Morgan fingerprint density at radius 2 is 1.95 bits per heavy atom. The number of hydrogen-bond donors (Lipinski definition) is 2. The summed E-state index contributed by atoms with van der Waals surface area (Å²) in [6.07, 6.45) is 4.09. The predicted octanol–water partition coefficient (Wildman–Crippen LogP) is 1.34. The van der Waals surface area contributed by atoms with Crippen LogP contribution in [0.25, 0.3) is 5.95 Å². The minimum atomic E-state index is 0.274. The molecular formula is C12H20N8. The summed E-state index contributed by atoms with van der Waals surface area (Å²) >= 11 is 0. The number of rotatable bonds is 6. The van der Waals surface area contributed by atoms with Crippen LogP contribution in [-0.2, 0) is 0 Å². The molecule has 0 aliphatic rings. The molecule has 0 aromatic carbocycles. The Balaban J connectivity index is 2.27. The Hall–Kier alpha value is -2.25. The lowest BCUT2D eigenvalue weighted by molar-refractivity contribution is 0.492. The maximum atomic E-state index is 4.37. The zero-order valence-corrected chi connectivity index (χ0v) is 12.2. The molecule has 20 heavy (non-hydrogen) atoms. The molecule has 0 saturated carbocycles. The largest absolute Gasteiger partial charge is 0.357 e. The normalized spacial score (nSPS) is 13.8. The standard InChI is InChI=1S/C12H20N8/c1-5-8(2)9(3)16-11-17-10(13-4)18-12(19-11)20-7-14-6-15-20/h6-9H,5H2,1-4H3,(H2,13,16,17,18,19). The maximum Gasteiger partial charge on any atom is 0.258 e. The van der Waals surface area contributed by atoms with Crippen molar-refractivity contribution >= 4 is 11.9 Å². The second kappa shape index (κ2) is 6.27. The fraction of sp³-hybridized carbons (Fsp3) is 0.583. The van der Waals surface area contributed by atoms with Gasteiger partial charge in [0.1, 0.15) is 12.7 Å². The van der Waals surface area contributed by atoms with E-state index in [9.17, 15) is 0 Å². The van der Waals surface area contributed by atoms with Crippen molar-refractivity contribution in [3.05, 3.63) is 12.7 Å². The van der Waals surface area contributed by atoms with Gasteiger partial charge in [0.15, 0.2) is 0 Å². The molecule has 2 aromatic rings. The maximum absolute atomic E-state index is 4.37. The Morgan fingerprint density at radius 1 is 1.20 bits per heavy atom. The van der Waals surface area contributed by atoms with Crippen molar-refractivity contribution in [2.45, 2.75) is 33.2 Å². The quantitative estimate of drug-likeness (QED) is 0.822. The number of nitrogens with one attached hydrogen (secondary N) is 2. The van der Waals surface area contributed by atoms with E-state index in [1.165, 1.54) is 11.0 Å². The van der Waals surface area contributed by atoms with Crippen LogP contribution in [0.4, 0.5) is 11.9 Å². The highest BCUT2D eigenvalue weighted by atomic mass is 15.4. The van der Waals surface area contributed by atoms with Crippen LogP contribution in [0.15, 0.2) is 12.7 Å². The molecule has 2 N–H and O–H groups in total. The number of hydrogen-bond acceptors (Lipinski definition) is 7. The third-order valence-corrected chi connectivity index (χ3v) is 3.33. The first-order valence-corrected chi connectivity index (χ1v) is 6.69. The minimum Gasteiger partial charge on any atom is -0.357 e. The molecule has 0 radical (unpaired) electrons. The summed E-state index contributed by atoms with van der Waals surface area (Å²) in [5.41, 5.74) is 0. The van der Waals surface area contributed by atoms with E-state index < -0.39 is 0 Å². The Morgan fingerprint density at radius 3 is 2.55 bits per heavy atom. The van der Waals surface area contributed by atoms with Crippen molar-refractivity contribution in [2.24, 2.45) is 5.92 Å². The monoisotopic (exact) mass is 276 g/mol. The summed E-state index contributed by atoms with van der Waals surface area (Å²) in [4.78, 5) is 16.8. The predicted molar refractivity (Wildman–Crippen MR) is 76.8 cm³/mol. The summed E-state index contributed by atoms with van der Waals surface area (Å²) in [7, 11) is 1.77. The van der Waals surface area contributed by atoms with Crippen molar-refractivity contribution in [3.8, 4) is 5.95 Å². The molecular weight excluding hydrogens is 256 g/mol. The average Bonchev–Trinajstić information content (AvgIpc) is 3.00. The van der Waals surface area contributed by atoms with Gasteiger partial charge in [-0.2, -0.15) is 24.7 Å². The van der Waals surface area contributed by atoms with Gasteiger partial charge >= 0.3 is 0 Å². The second-order valence-corrected chi connectivity index (χ2v) is 4.69. The highest BCUT2D eigenvalue weighted by molar-refractivity contribution is 5.37. The summed E-state index contributed by atoms with van der Waals surface area (Å²) in [5, 5.41) is 10.3. The molecule has 0 aliphatic heterocycles. The molecule has 2 aromatic heterocycles. The lowest BCUT2D eigenvalue weighted by atomic mass is 10.0. The van der Waals surface area contributed by atoms with E-state index >= 15 is 0 Å². The number of nitrogens with zero attached hydrogens (tertiary/aromatic N) is 6. The third kappa shape index (κ3) is 3.19. The number of aromatic nitrogens is 6. The van der Waals surface area contributed by atoms with Gasteiger partial charge in [-0.25, -0.2) is 4.98 Å². The van der Waals surface area contributed by atoms with Crippen LogP contribution in [0, 0.1) is 5.92 Å². The Kier molecular flexibility index (Phi) is 4.44. The fourth-order valence-corrected chi connectivity index (χ4v) is 1.65. The van der Waals surface area contributed by atoms with Gasteiger partial charge in [0.05, 0.1) is 0 Å². The third-order valence-electron chi connectivity index (χ3n) is 3.33. The van der Waals surface area contributed by atoms with Crippen molar-refractivity contribution in [1.29, 1.82) is 0 Å². The fourth-order valence-electron chi connectivity index (χ4n) is 1.65. The van der Waals surface area contributed by atoms with Gasteiger partial charge in [-0.1, -0.05) is 20.3 Å². The van der Waals surface area contributed by atoms with Gasteiger partial charge in [0.25, 0.3) is 5.95 Å². The lowest BCUT2D eigenvalue weighted by Gasteiger charge is -2.20. The summed E-state index contributed by atoms with van der Waals surface area (Å²) in [6.45, 7) is 6.47. The van der Waals surface area contributed by atoms with Crippen LogP contribution >= 0.6 is 0 Å². The van der Waals surface area contributed by atoms with Crippen LogP contribution < -0.4 is 10.6 Å². The van der Waals surface area contributed by atoms with Gasteiger partial charge < -0.3 is 10.6 Å². The van der Waals surface area contributed by atoms with Crippen LogP contribution in [-0.4, -0.2) is 42.8 Å². The van der Waals surface area contributed by atoms with Crippen molar-refractivity contribution < 1.29 is 0 Å². The molecule has 8 heteroatoms. The highest BCUT2D eigenvalue weighted by Crippen LogP contribution is 2.14. The smallest absolute Gasteiger partial charge is 0.258 e. The molecule has 0 saturated heterocycles. The minimum absolute atomic E-state index is 0.274. The van der Waals surface area contributed by atoms with Gasteiger partial charge in [-0.15, -0.1) is 0 Å². The van der Waals surface area contributed by atoms with Crippen molar-refractivity contribution in [2.75, 3.05) is 17.7 Å². The van der Waals surface area contributed by atoms with E-state index in [4.69, 9.17) is 0 Å². The van der Waals surface area contributed by atoms with E-state index in [2.05, 4.69) is 56.4 Å². The molecule has 0 bridgehead atoms.